The molecular formula is C23H12F9N3O4. The molecule has 7 nitrogen and oxygen atoms in total. The van der Waals surface area contributed by atoms with Crippen molar-refractivity contribution in [1.82, 2.24) is 10.3 Å². The van der Waals surface area contributed by atoms with Crippen molar-refractivity contribution in [2.75, 3.05) is 5.32 Å². The highest BCUT2D eigenvalue weighted by atomic mass is 19.4. The molecule has 1 unspecified atom stereocenters. The molecule has 206 valence electrons. The van der Waals surface area contributed by atoms with Gasteiger partial charge in [0, 0.05) is 11.6 Å². The summed E-state index contributed by atoms with van der Waals surface area (Å²) in [7, 11) is 0. The topological polar surface area (TPSA) is 89.6 Å². The molecule has 0 saturated heterocycles. The Morgan fingerprint density at radius 1 is 0.974 bits per heavy atom. The molecular weight excluding hydrogens is 553 g/mol. The Labute approximate surface area is 211 Å². The number of imide groups is 1. The minimum Gasteiger partial charge on any atom is -0.460 e. The third-order valence-electron chi connectivity index (χ3n) is 5.20. The van der Waals surface area contributed by atoms with Crippen molar-refractivity contribution in [3.8, 4) is 11.6 Å². The fourth-order valence-electron chi connectivity index (χ4n) is 3.42. The molecule has 1 aliphatic rings. The predicted molar refractivity (Wildman–Crippen MR) is 112 cm³/mol. The normalized spacial score (nSPS) is 16.0. The SMILES string of the molecule is O=C(NC(=O)c1c(F)cccc1F)Nc1ccc(OC(c2ccc3c(c2)C(F)(F)C(F)(F)O3)C(F)(F)F)nc1. The van der Waals surface area contributed by atoms with E-state index in [9.17, 15) is 49.1 Å². The Bertz CT molecular complexity index is 1410. The standard InChI is InChI=1S/C23H12F9N3O4/c24-13-2-1-3-14(25)17(13)19(36)35-20(37)34-11-5-7-16(33-9-11)38-18(22(28,29)30)10-4-6-15-12(8-10)21(26,27)23(31,32)39-15/h1-9,18H,(H2,34,35,36,37). The number of aromatic nitrogens is 1. The number of carbonyl (C=O) groups excluding carboxylic acids is 2. The summed E-state index contributed by atoms with van der Waals surface area (Å²) in [5.74, 6) is -10.5. The molecule has 2 N–H and O–H groups in total. The van der Waals surface area contributed by atoms with Gasteiger partial charge in [0.25, 0.3) is 5.91 Å². The number of carbonyl (C=O) groups is 2. The first-order valence-electron chi connectivity index (χ1n) is 10.4. The van der Waals surface area contributed by atoms with Crippen LogP contribution in [0.2, 0.25) is 0 Å². The molecule has 3 amide bonds. The zero-order valence-electron chi connectivity index (χ0n) is 18.8. The molecule has 0 fully saturated rings. The molecule has 0 spiro atoms. The average Bonchev–Trinajstić information content (AvgIpc) is 3.00. The maximum atomic E-state index is 13.9. The van der Waals surface area contributed by atoms with Crippen LogP contribution in [-0.2, 0) is 5.92 Å². The minimum absolute atomic E-state index is 0.185. The van der Waals surface area contributed by atoms with Crippen LogP contribution < -0.4 is 20.1 Å². The fourth-order valence-corrected chi connectivity index (χ4v) is 3.42. The summed E-state index contributed by atoms with van der Waals surface area (Å²) in [6.45, 7) is 0. The molecule has 1 aliphatic heterocycles. The van der Waals surface area contributed by atoms with E-state index in [1.807, 2.05) is 5.32 Å². The first-order chi connectivity index (χ1) is 18.1. The number of halogens is 9. The highest BCUT2D eigenvalue weighted by Gasteiger charge is 2.66. The molecule has 2 aromatic carbocycles. The van der Waals surface area contributed by atoms with E-state index < -0.39 is 76.2 Å². The number of rotatable bonds is 5. The minimum atomic E-state index is -5.22. The lowest BCUT2D eigenvalue weighted by Gasteiger charge is -2.22. The molecule has 1 aromatic heterocycles. The first kappa shape index (κ1) is 27.5. The van der Waals surface area contributed by atoms with Crippen LogP contribution in [0.3, 0.4) is 0 Å². The molecule has 16 heteroatoms. The van der Waals surface area contributed by atoms with Gasteiger partial charge in [0.1, 0.15) is 22.9 Å². The monoisotopic (exact) mass is 565 g/mol. The van der Waals surface area contributed by atoms with Crippen molar-refractivity contribution in [1.29, 1.82) is 0 Å². The van der Waals surface area contributed by atoms with E-state index in [1.54, 1.807) is 5.32 Å². The Hall–Kier alpha value is -4.50. The fraction of sp³-hybridized carbons (Fsp3) is 0.174. The van der Waals surface area contributed by atoms with Gasteiger partial charge in [0.15, 0.2) is 0 Å². The number of pyridine rings is 1. The largest absolute Gasteiger partial charge is 0.469 e. The number of ether oxygens (including phenoxy) is 2. The summed E-state index contributed by atoms with van der Waals surface area (Å²) < 4.78 is 132. The maximum Gasteiger partial charge on any atom is 0.469 e. The summed E-state index contributed by atoms with van der Waals surface area (Å²) >= 11 is 0. The van der Waals surface area contributed by atoms with Gasteiger partial charge in [-0.3, -0.25) is 10.1 Å². The van der Waals surface area contributed by atoms with Crippen molar-refractivity contribution in [3.63, 3.8) is 0 Å². The van der Waals surface area contributed by atoms with Gasteiger partial charge in [-0.25, -0.2) is 18.6 Å². The lowest BCUT2D eigenvalue weighted by atomic mass is 10.0. The molecule has 0 saturated carbocycles. The Balaban J connectivity index is 1.47. The van der Waals surface area contributed by atoms with Gasteiger partial charge in [0.05, 0.1) is 17.4 Å². The number of alkyl halides is 7. The van der Waals surface area contributed by atoms with Crippen molar-refractivity contribution >= 4 is 17.6 Å². The van der Waals surface area contributed by atoms with Gasteiger partial charge in [-0.2, -0.15) is 30.7 Å². The molecule has 39 heavy (non-hydrogen) atoms. The van der Waals surface area contributed by atoms with Crippen LogP contribution in [0.5, 0.6) is 11.6 Å². The predicted octanol–water partition coefficient (Wildman–Crippen LogP) is 6.08. The number of hydrogen-bond acceptors (Lipinski definition) is 5. The van der Waals surface area contributed by atoms with Gasteiger partial charge < -0.3 is 14.8 Å². The summed E-state index contributed by atoms with van der Waals surface area (Å²) in [4.78, 5) is 27.5. The molecule has 3 aromatic rings. The molecule has 0 radical (unpaired) electrons. The van der Waals surface area contributed by atoms with Crippen LogP contribution in [0, 0.1) is 11.6 Å². The highest BCUT2D eigenvalue weighted by Crippen LogP contribution is 2.54. The number of anilines is 1. The van der Waals surface area contributed by atoms with Gasteiger partial charge in [-0.05, 0) is 30.3 Å². The van der Waals surface area contributed by atoms with Crippen molar-refractivity contribution < 1.29 is 58.6 Å². The van der Waals surface area contributed by atoms with Crippen LogP contribution in [0.4, 0.5) is 50.0 Å². The van der Waals surface area contributed by atoms with E-state index in [-0.39, 0.29) is 11.8 Å². The van der Waals surface area contributed by atoms with Gasteiger partial charge in [0.2, 0.25) is 12.0 Å². The van der Waals surface area contributed by atoms with E-state index in [2.05, 4.69) is 9.72 Å². The summed E-state index contributed by atoms with van der Waals surface area (Å²) in [6.07, 6.45) is -12.3. The third kappa shape index (κ3) is 5.39. The van der Waals surface area contributed by atoms with Crippen LogP contribution >= 0.6 is 0 Å². The maximum absolute atomic E-state index is 13.9. The van der Waals surface area contributed by atoms with Crippen LogP contribution in [0.1, 0.15) is 27.6 Å². The summed E-state index contributed by atoms with van der Waals surface area (Å²) in [5, 5.41) is 3.69. The molecule has 0 aliphatic carbocycles. The second-order valence-electron chi connectivity index (χ2n) is 7.88. The van der Waals surface area contributed by atoms with Gasteiger partial charge >= 0.3 is 24.2 Å². The zero-order chi connectivity index (χ0) is 28.8. The molecule has 4 rings (SSSR count). The Kier molecular flexibility index (Phi) is 6.82. The second-order valence-corrected chi connectivity index (χ2v) is 7.88. The lowest BCUT2D eigenvalue weighted by Crippen LogP contribution is -2.37. The average molecular weight is 565 g/mol. The number of benzene rings is 2. The van der Waals surface area contributed by atoms with Gasteiger partial charge in [-0.1, -0.05) is 12.1 Å². The lowest BCUT2D eigenvalue weighted by molar-refractivity contribution is -0.296. The smallest absolute Gasteiger partial charge is 0.460 e. The van der Waals surface area contributed by atoms with Crippen LogP contribution in [0.25, 0.3) is 0 Å². The second kappa shape index (κ2) is 9.67. The molecule has 0 bridgehead atoms. The Morgan fingerprint density at radius 2 is 1.64 bits per heavy atom. The third-order valence-corrected chi connectivity index (χ3v) is 5.20. The van der Waals surface area contributed by atoms with E-state index in [0.717, 1.165) is 36.5 Å². The quantitative estimate of drug-likeness (QED) is 0.366. The number of fused-ring (bicyclic) bond motifs is 1. The molecule has 1 atom stereocenters. The van der Waals surface area contributed by atoms with Gasteiger partial charge in [-0.15, -0.1) is 0 Å². The molecule has 2 heterocycles. The zero-order valence-corrected chi connectivity index (χ0v) is 18.8. The highest BCUT2D eigenvalue weighted by molar-refractivity contribution is 6.08. The summed E-state index contributed by atoms with van der Waals surface area (Å²) in [5.41, 5.74) is -3.66. The number of nitrogens with one attached hydrogen (secondary N) is 2. The van der Waals surface area contributed by atoms with Crippen LogP contribution in [-0.4, -0.2) is 29.2 Å². The van der Waals surface area contributed by atoms with Crippen molar-refractivity contribution in [3.05, 3.63) is 83.1 Å². The summed E-state index contributed by atoms with van der Waals surface area (Å²) in [6, 6.07) is 4.40. The van der Waals surface area contributed by atoms with E-state index in [0.29, 0.717) is 12.1 Å². The van der Waals surface area contributed by atoms with E-state index in [4.69, 9.17) is 4.74 Å². The van der Waals surface area contributed by atoms with Crippen molar-refractivity contribution in [2.24, 2.45) is 0 Å². The number of amides is 3. The Morgan fingerprint density at radius 3 is 2.23 bits per heavy atom. The van der Waals surface area contributed by atoms with Crippen molar-refractivity contribution in [2.45, 2.75) is 24.3 Å². The van der Waals surface area contributed by atoms with Crippen LogP contribution in [0.15, 0.2) is 54.7 Å². The van der Waals surface area contributed by atoms with E-state index in [1.165, 1.54) is 0 Å². The number of hydrogen-bond donors (Lipinski definition) is 2. The number of urea groups is 1. The first-order valence-corrected chi connectivity index (χ1v) is 10.4. The van der Waals surface area contributed by atoms with E-state index >= 15 is 0 Å². The number of nitrogens with zero attached hydrogens (tertiary/aromatic N) is 1.